The summed E-state index contributed by atoms with van der Waals surface area (Å²) in [6.07, 6.45) is 2.52. The van der Waals surface area contributed by atoms with E-state index in [-0.39, 0.29) is 23.5 Å². The first-order chi connectivity index (χ1) is 13.5. The molecule has 0 radical (unpaired) electrons. The molecule has 2 amide bonds. The third-order valence-corrected chi connectivity index (χ3v) is 5.89. The number of nitrogens with zero attached hydrogens (tertiary/aromatic N) is 4. The zero-order chi connectivity index (χ0) is 20.1. The lowest BCUT2D eigenvalue weighted by molar-refractivity contribution is -0.132. The monoisotopic (exact) mass is 401 g/mol. The van der Waals surface area contributed by atoms with E-state index in [2.05, 4.69) is 40.7 Å². The van der Waals surface area contributed by atoms with Crippen LogP contribution in [-0.4, -0.2) is 50.3 Å². The fourth-order valence-electron chi connectivity index (χ4n) is 3.47. The zero-order valence-corrected chi connectivity index (χ0v) is 17.2. The number of benzene rings is 1. The number of piperidine rings is 1. The van der Waals surface area contributed by atoms with E-state index < -0.39 is 0 Å². The summed E-state index contributed by atoms with van der Waals surface area (Å²) >= 11 is 1.40. The molecule has 0 spiro atoms. The minimum atomic E-state index is -0.323. The molecule has 1 aromatic heterocycles. The van der Waals surface area contributed by atoms with E-state index >= 15 is 0 Å². The van der Waals surface area contributed by atoms with Crippen LogP contribution in [0.2, 0.25) is 0 Å². The molecule has 2 heterocycles. The number of carbonyl (C=O) groups excluding carboxylic acids is 2. The normalized spacial score (nSPS) is 16.9. The van der Waals surface area contributed by atoms with Gasteiger partial charge in [0.1, 0.15) is 0 Å². The molecule has 1 saturated heterocycles. The fourth-order valence-corrected chi connectivity index (χ4v) is 4.34. The lowest BCUT2D eigenvalue weighted by atomic mass is 9.97. The van der Waals surface area contributed by atoms with Gasteiger partial charge < -0.3 is 15.2 Å². The molecule has 1 atom stereocenters. The van der Waals surface area contributed by atoms with E-state index in [9.17, 15) is 9.59 Å². The molecule has 3 rings (SSSR count). The van der Waals surface area contributed by atoms with E-state index in [4.69, 9.17) is 5.73 Å². The fraction of sp³-hybridized carbons (Fsp3) is 0.500. The highest BCUT2D eigenvalue weighted by Crippen LogP contribution is 2.26. The summed E-state index contributed by atoms with van der Waals surface area (Å²) in [5, 5.41) is 9.46. The highest BCUT2D eigenvalue weighted by Gasteiger charge is 2.27. The minimum Gasteiger partial charge on any atom is -0.369 e. The van der Waals surface area contributed by atoms with E-state index in [1.807, 2.05) is 12.1 Å². The second-order valence-electron chi connectivity index (χ2n) is 7.20. The Morgan fingerprint density at radius 3 is 2.86 bits per heavy atom. The first kappa shape index (κ1) is 20.4. The maximum Gasteiger partial charge on any atom is 0.233 e. The molecule has 0 saturated carbocycles. The van der Waals surface area contributed by atoms with Gasteiger partial charge in [0.2, 0.25) is 11.8 Å². The van der Waals surface area contributed by atoms with Gasteiger partial charge in [-0.2, -0.15) is 0 Å². The Hall–Kier alpha value is -2.35. The number of aromatic nitrogens is 3. The Labute approximate surface area is 169 Å². The van der Waals surface area contributed by atoms with Crippen molar-refractivity contribution in [1.29, 1.82) is 0 Å². The molecular weight excluding hydrogens is 374 g/mol. The number of thioether (sulfide) groups is 1. The van der Waals surface area contributed by atoms with E-state index in [0.29, 0.717) is 13.1 Å². The number of aryl methyl sites for hydroxylation is 1. The van der Waals surface area contributed by atoms with E-state index in [0.717, 1.165) is 42.4 Å². The summed E-state index contributed by atoms with van der Waals surface area (Å²) in [6, 6.07) is 8.18. The van der Waals surface area contributed by atoms with Gasteiger partial charge in [0.05, 0.1) is 11.7 Å². The Morgan fingerprint density at radius 2 is 2.14 bits per heavy atom. The van der Waals surface area contributed by atoms with Gasteiger partial charge in [-0.15, -0.1) is 10.2 Å². The lowest BCUT2D eigenvalue weighted by Crippen LogP contribution is -2.44. The van der Waals surface area contributed by atoms with Crippen molar-refractivity contribution in [3.05, 3.63) is 29.8 Å². The second-order valence-corrected chi connectivity index (χ2v) is 8.14. The van der Waals surface area contributed by atoms with Gasteiger partial charge in [-0.3, -0.25) is 9.59 Å². The van der Waals surface area contributed by atoms with Gasteiger partial charge in [-0.05, 0) is 32.3 Å². The molecule has 2 aromatic rings. The molecule has 8 heteroatoms. The van der Waals surface area contributed by atoms with E-state index in [1.165, 1.54) is 17.3 Å². The number of primary amides is 1. The summed E-state index contributed by atoms with van der Waals surface area (Å²) in [5.74, 6) is 0.558. The van der Waals surface area contributed by atoms with Crippen molar-refractivity contribution in [3.8, 4) is 11.4 Å². The highest BCUT2D eigenvalue weighted by atomic mass is 32.2. The maximum absolute atomic E-state index is 12.6. The number of hydrogen-bond donors (Lipinski definition) is 1. The van der Waals surface area contributed by atoms with Crippen molar-refractivity contribution in [2.24, 2.45) is 11.7 Å². The van der Waals surface area contributed by atoms with Crippen LogP contribution >= 0.6 is 11.8 Å². The van der Waals surface area contributed by atoms with Crippen LogP contribution in [0.3, 0.4) is 0 Å². The van der Waals surface area contributed by atoms with Gasteiger partial charge in [-0.25, -0.2) is 0 Å². The number of hydrogen-bond acceptors (Lipinski definition) is 5. The van der Waals surface area contributed by atoms with Gasteiger partial charge in [-0.1, -0.05) is 42.4 Å². The van der Waals surface area contributed by atoms with Crippen LogP contribution in [0.5, 0.6) is 0 Å². The van der Waals surface area contributed by atoms with Crippen LogP contribution in [0.1, 0.15) is 31.7 Å². The van der Waals surface area contributed by atoms with Gasteiger partial charge in [0.15, 0.2) is 11.0 Å². The molecule has 0 bridgehead atoms. The molecule has 1 aromatic carbocycles. The summed E-state index contributed by atoms with van der Waals surface area (Å²) in [5.41, 5.74) is 7.61. The molecule has 1 unspecified atom stereocenters. The summed E-state index contributed by atoms with van der Waals surface area (Å²) in [7, 11) is 0. The number of likely N-dealkylation sites (tertiary alicyclic amines) is 1. The van der Waals surface area contributed by atoms with Crippen molar-refractivity contribution >= 4 is 23.6 Å². The Bertz CT molecular complexity index is 851. The molecule has 150 valence electrons. The van der Waals surface area contributed by atoms with Crippen molar-refractivity contribution in [2.75, 3.05) is 18.8 Å². The van der Waals surface area contributed by atoms with Crippen molar-refractivity contribution in [3.63, 3.8) is 0 Å². The average Bonchev–Trinajstić information content (AvgIpc) is 3.09. The number of nitrogens with two attached hydrogens (primary N) is 1. The quantitative estimate of drug-likeness (QED) is 0.719. The molecule has 0 aliphatic carbocycles. The highest BCUT2D eigenvalue weighted by molar-refractivity contribution is 7.99. The standard InChI is InChI=1S/C20H27N5O2S/c1-3-9-25-19(15-7-4-6-14(2)11-15)22-23-20(25)28-13-17(26)24-10-5-8-16(12-24)18(21)27/h4,6-7,11,16H,3,5,8-10,12-13H2,1-2H3,(H2,21,27). The van der Waals surface area contributed by atoms with Crippen LogP contribution < -0.4 is 5.73 Å². The maximum atomic E-state index is 12.6. The Balaban J connectivity index is 1.70. The first-order valence-electron chi connectivity index (χ1n) is 9.69. The van der Waals surface area contributed by atoms with Crippen molar-refractivity contribution in [1.82, 2.24) is 19.7 Å². The Kier molecular flexibility index (Phi) is 6.72. The molecular formula is C20H27N5O2S. The van der Waals surface area contributed by atoms with Crippen LogP contribution in [0.4, 0.5) is 0 Å². The van der Waals surface area contributed by atoms with Gasteiger partial charge in [0, 0.05) is 25.2 Å². The third kappa shape index (κ3) is 4.73. The SMILES string of the molecule is CCCn1c(SCC(=O)N2CCCC(C(N)=O)C2)nnc1-c1cccc(C)c1. The van der Waals surface area contributed by atoms with E-state index in [1.54, 1.807) is 4.90 Å². The molecule has 2 N–H and O–H groups in total. The van der Waals surface area contributed by atoms with Gasteiger partial charge >= 0.3 is 0 Å². The first-order valence-corrected chi connectivity index (χ1v) is 10.7. The molecule has 1 aliphatic heterocycles. The Morgan fingerprint density at radius 1 is 1.32 bits per heavy atom. The number of carbonyl (C=O) groups is 2. The molecule has 1 fully saturated rings. The van der Waals surface area contributed by atoms with Gasteiger partial charge in [0.25, 0.3) is 0 Å². The van der Waals surface area contributed by atoms with Crippen LogP contribution in [0.15, 0.2) is 29.4 Å². The summed E-state index contributed by atoms with van der Waals surface area (Å²) in [4.78, 5) is 25.8. The zero-order valence-electron chi connectivity index (χ0n) is 16.4. The minimum absolute atomic E-state index is 0.0131. The molecule has 7 nitrogen and oxygen atoms in total. The van der Waals surface area contributed by atoms with Crippen LogP contribution in [0, 0.1) is 12.8 Å². The predicted molar refractivity (Wildman–Crippen MR) is 110 cm³/mol. The summed E-state index contributed by atoms with van der Waals surface area (Å²) in [6.45, 7) is 6.05. The number of rotatable bonds is 7. The third-order valence-electron chi connectivity index (χ3n) is 4.94. The van der Waals surface area contributed by atoms with Crippen LogP contribution in [0.25, 0.3) is 11.4 Å². The smallest absolute Gasteiger partial charge is 0.233 e. The van der Waals surface area contributed by atoms with Crippen molar-refractivity contribution in [2.45, 2.75) is 44.8 Å². The topological polar surface area (TPSA) is 94.1 Å². The predicted octanol–water partition coefficient (Wildman–Crippen LogP) is 2.48. The molecule has 28 heavy (non-hydrogen) atoms. The lowest BCUT2D eigenvalue weighted by Gasteiger charge is -2.31. The van der Waals surface area contributed by atoms with Crippen molar-refractivity contribution < 1.29 is 9.59 Å². The average molecular weight is 402 g/mol. The van der Waals surface area contributed by atoms with Crippen LogP contribution in [-0.2, 0) is 16.1 Å². The number of amides is 2. The largest absolute Gasteiger partial charge is 0.369 e. The second kappa shape index (κ2) is 9.23. The summed E-state index contributed by atoms with van der Waals surface area (Å²) < 4.78 is 2.08. The molecule has 1 aliphatic rings.